The van der Waals surface area contributed by atoms with Crippen molar-refractivity contribution < 1.29 is 14.3 Å². The molecule has 0 unspecified atom stereocenters. The number of ether oxygens (including phenoxy) is 2. The maximum Gasteiger partial charge on any atom is 0.251 e. The molecule has 1 saturated carbocycles. The van der Waals surface area contributed by atoms with Gasteiger partial charge in [-0.3, -0.25) is 4.79 Å². The molecule has 0 spiro atoms. The van der Waals surface area contributed by atoms with Crippen molar-refractivity contribution in [2.75, 3.05) is 20.8 Å². The highest BCUT2D eigenvalue weighted by Crippen LogP contribution is 2.24. The van der Waals surface area contributed by atoms with E-state index in [1.54, 1.807) is 32.4 Å². The van der Waals surface area contributed by atoms with Gasteiger partial charge in [0.1, 0.15) is 11.5 Å². The second kappa shape index (κ2) is 7.17. The molecule has 0 heterocycles. The molecule has 0 saturated heterocycles. The minimum atomic E-state index is -0.0622. The lowest BCUT2D eigenvalue weighted by atomic mass is 9.89. The number of methoxy groups -OCH3 is 2. The fourth-order valence-electron chi connectivity index (χ4n) is 2.67. The van der Waals surface area contributed by atoms with Gasteiger partial charge in [0, 0.05) is 18.2 Å². The highest BCUT2D eigenvalue weighted by Gasteiger charge is 2.15. The first kappa shape index (κ1) is 14.7. The van der Waals surface area contributed by atoms with Crippen LogP contribution in [0.3, 0.4) is 0 Å². The van der Waals surface area contributed by atoms with Crippen molar-refractivity contribution in [2.45, 2.75) is 32.1 Å². The number of hydrogen-bond donors (Lipinski definition) is 1. The average molecular weight is 277 g/mol. The van der Waals surface area contributed by atoms with E-state index in [1.165, 1.54) is 32.1 Å². The van der Waals surface area contributed by atoms with Crippen LogP contribution in [0.4, 0.5) is 0 Å². The molecule has 1 aliphatic rings. The molecule has 1 aromatic carbocycles. The van der Waals surface area contributed by atoms with Gasteiger partial charge in [-0.2, -0.15) is 0 Å². The number of carbonyl (C=O) groups excluding carboxylic acids is 1. The summed E-state index contributed by atoms with van der Waals surface area (Å²) in [6.07, 6.45) is 6.35. The zero-order valence-corrected chi connectivity index (χ0v) is 12.3. The fourth-order valence-corrected chi connectivity index (χ4v) is 2.67. The van der Waals surface area contributed by atoms with Crippen LogP contribution in [0, 0.1) is 5.92 Å². The Kier molecular flexibility index (Phi) is 5.27. The first-order chi connectivity index (χ1) is 9.72. The van der Waals surface area contributed by atoms with Crippen LogP contribution >= 0.6 is 0 Å². The number of amides is 1. The number of rotatable bonds is 5. The van der Waals surface area contributed by atoms with E-state index in [0.717, 1.165) is 6.54 Å². The molecule has 0 aliphatic heterocycles. The number of carbonyl (C=O) groups is 1. The van der Waals surface area contributed by atoms with Crippen molar-refractivity contribution in [1.82, 2.24) is 5.32 Å². The summed E-state index contributed by atoms with van der Waals surface area (Å²) in [5.74, 6) is 1.83. The summed E-state index contributed by atoms with van der Waals surface area (Å²) in [5.41, 5.74) is 0.581. The molecule has 4 nitrogen and oxygen atoms in total. The zero-order chi connectivity index (χ0) is 14.4. The first-order valence-corrected chi connectivity index (χ1v) is 7.24. The SMILES string of the molecule is COc1cc(OC)cc(C(=O)NCC2CCCCC2)c1. The largest absolute Gasteiger partial charge is 0.497 e. The molecule has 1 aromatic rings. The smallest absolute Gasteiger partial charge is 0.251 e. The summed E-state index contributed by atoms with van der Waals surface area (Å²) in [4.78, 5) is 12.2. The molecule has 1 aliphatic carbocycles. The predicted octanol–water partition coefficient (Wildman–Crippen LogP) is 3.01. The van der Waals surface area contributed by atoms with Gasteiger partial charge < -0.3 is 14.8 Å². The van der Waals surface area contributed by atoms with Crippen LogP contribution in [0.25, 0.3) is 0 Å². The highest BCUT2D eigenvalue weighted by atomic mass is 16.5. The van der Waals surface area contributed by atoms with Gasteiger partial charge in [-0.05, 0) is 30.9 Å². The van der Waals surface area contributed by atoms with Crippen molar-refractivity contribution in [3.05, 3.63) is 23.8 Å². The lowest BCUT2D eigenvalue weighted by Crippen LogP contribution is -2.30. The van der Waals surface area contributed by atoms with Gasteiger partial charge in [-0.25, -0.2) is 0 Å². The van der Waals surface area contributed by atoms with Gasteiger partial charge in [0.05, 0.1) is 14.2 Å². The molecule has 0 atom stereocenters. The Morgan fingerprint density at radius 1 is 1.10 bits per heavy atom. The Labute approximate surface area is 120 Å². The number of nitrogens with one attached hydrogen (secondary N) is 1. The second-order valence-corrected chi connectivity index (χ2v) is 5.32. The molecule has 2 rings (SSSR count). The van der Waals surface area contributed by atoms with Crippen LogP contribution in [-0.2, 0) is 0 Å². The third-order valence-electron chi connectivity index (χ3n) is 3.89. The van der Waals surface area contributed by atoms with E-state index < -0.39 is 0 Å². The third-order valence-corrected chi connectivity index (χ3v) is 3.89. The third kappa shape index (κ3) is 3.89. The van der Waals surface area contributed by atoms with Crippen LogP contribution in [0.15, 0.2) is 18.2 Å². The summed E-state index contributed by atoms with van der Waals surface area (Å²) < 4.78 is 10.4. The minimum Gasteiger partial charge on any atom is -0.497 e. The Hall–Kier alpha value is -1.71. The molecule has 0 radical (unpaired) electrons. The first-order valence-electron chi connectivity index (χ1n) is 7.24. The average Bonchev–Trinajstić information content (AvgIpc) is 2.52. The lowest BCUT2D eigenvalue weighted by molar-refractivity contribution is 0.0943. The highest BCUT2D eigenvalue weighted by molar-refractivity contribution is 5.95. The molecular weight excluding hydrogens is 254 g/mol. The van der Waals surface area contributed by atoms with E-state index in [9.17, 15) is 4.79 Å². The molecule has 4 heteroatoms. The molecule has 1 amide bonds. The van der Waals surface area contributed by atoms with E-state index in [2.05, 4.69) is 5.32 Å². The zero-order valence-electron chi connectivity index (χ0n) is 12.3. The van der Waals surface area contributed by atoms with Crippen LogP contribution in [0.5, 0.6) is 11.5 Å². The predicted molar refractivity (Wildman–Crippen MR) is 78.5 cm³/mol. The van der Waals surface area contributed by atoms with Crippen LogP contribution in [0.2, 0.25) is 0 Å². The molecule has 20 heavy (non-hydrogen) atoms. The molecule has 1 N–H and O–H groups in total. The topological polar surface area (TPSA) is 47.6 Å². The Bertz CT molecular complexity index is 431. The summed E-state index contributed by atoms with van der Waals surface area (Å²) in [6, 6.07) is 5.23. The van der Waals surface area contributed by atoms with E-state index in [0.29, 0.717) is 23.0 Å². The standard InChI is InChI=1S/C16H23NO3/c1-19-14-8-13(9-15(10-14)20-2)16(18)17-11-12-6-4-3-5-7-12/h8-10,12H,3-7,11H2,1-2H3,(H,17,18). The van der Waals surface area contributed by atoms with Gasteiger partial charge in [-0.1, -0.05) is 19.3 Å². The molecule has 1 fully saturated rings. The van der Waals surface area contributed by atoms with Crippen molar-refractivity contribution in [3.63, 3.8) is 0 Å². The van der Waals surface area contributed by atoms with Gasteiger partial charge in [0.15, 0.2) is 0 Å². The van der Waals surface area contributed by atoms with Crippen molar-refractivity contribution >= 4 is 5.91 Å². The Morgan fingerprint density at radius 3 is 2.25 bits per heavy atom. The molecule has 0 aromatic heterocycles. The van der Waals surface area contributed by atoms with Gasteiger partial charge >= 0.3 is 0 Å². The monoisotopic (exact) mass is 277 g/mol. The Balaban J connectivity index is 1.97. The summed E-state index contributed by atoms with van der Waals surface area (Å²) in [7, 11) is 3.16. The number of hydrogen-bond acceptors (Lipinski definition) is 3. The van der Waals surface area contributed by atoms with Gasteiger partial charge in [0.2, 0.25) is 0 Å². The van der Waals surface area contributed by atoms with E-state index in [-0.39, 0.29) is 5.91 Å². The van der Waals surface area contributed by atoms with Crippen LogP contribution < -0.4 is 14.8 Å². The quantitative estimate of drug-likeness (QED) is 0.900. The van der Waals surface area contributed by atoms with Gasteiger partial charge in [-0.15, -0.1) is 0 Å². The Morgan fingerprint density at radius 2 is 1.70 bits per heavy atom. The van der Waals surface area contributed by atoms with Crippen molar-refractivity contribution in [2.24, 2.45) is 5.92 Å². The van der Waals surface area contributed by atoms with Crippen LogP contribution in [0.1, 0.15) is 42.5 Å². The summed E-state index contributed by atoms with van der Waals surface area (Å²) >= 11 is 0. The van der Waals surface area contributed by atoms with E-state index in [1.807, 2.05) is 0 Å². The normalized spacial score (nSPS) is 15.7. The molecule has 0 bridgehead atoms. The van der Waals surface area contributed by atoms with Crippen molar-refractivity contribution in [3.8, 4) is 11.5 Å². The van der Waals surface area contributed by atoms with Gasteiger partial charge in [0.25, 0.3) is 5.91 Å². The van der Waals surface area contributed by atoms with E-state index >= 15 is 0 Å². The van der Waals surface area contributed by atoms with E-state index in [4.69, 9.17) is 9.47 Å². The maximum absolute atomic E-state index is 12.2. The molecule has 110 valence electrons. The second-order valence-electron chi connectivity index (χ2n) is 5.32. The lowest BCUT2D eigenvalue weighted by Gasteiger charge is -2.21. The fraction of sp³-hybridized carbons (Fsp3) is 0.562. The number of benzene rings is 1. The van der Waals surface area contributed by atoms with Crippen LogP contribution in [-0.4, -0.2) is 26.7 Å². The van der Waals surface area contributed by atoms with Crippen molar-refractivity contribution in [1.29, 1.82) is 0 Å². The molecular formula is C16H23NO3. The summed E-state index contributed by atoms with van der Waals surface area (Å²) in [6.45, 7) is 0.762. The maximum atomic E-state index is 12.2. The summed E-state index contributed by atoms with van der Waals surface area (Å²) in [5, 5.41) is 3.02. The minimum absolute atomic E-state index is 0.0622.